The van der Waals surface area contributed by atoms with Gasteiger partial charge in [-0.15, -0.1) is 11.6 Å². The van der Waals surface area contributed by atoms with E-state index in [1.807, 2.05) is 18.5 Å². The van der Waals surface area contributed by atoms with Crippen molar-refractivity contribution in [3.05, 3.63) is 60.2 Å². The van der Waals surface area contributed by atoms with Crippen LogP contribution in [-0.4, -0.2) is 44.3 Å². The van der Waals surface area contributed by atoms with Gasteiger partial charge in [0.1, 0.15) is 6.54 Å². The van der Waals surface area contributed by atoms with Gasteiger partial charge < -0.3 is 15.2 Å². The summed E-state index contributed by atoms with van der Waals surface area (Å²) in [6, 6.07) is 8.59. The first-order chi connectivity index (χ1) is 20.4. The van der Waals surface area contributed by atoms with Crippen molar-refractivity contribution >= 4 is 11.6 Å². The van der Waals surface area contributed by atoms with Gasteiger partial charge in [-0.2, -0.15) is 0 Å². The third kappa shape index (κ3) is 23.7. The number of alkyl halides is 1. The number of aryl methyl sites for hydroxylation is 3. The second-order valence-corrected chi connectivity index (χ2v) is 11.0. The highest BCUT2D eigenvalue weighted by molar-refractivity contribution is 6.15. The number of hydrogen-bond acceptors (Lipinski definition) is 4. The predicted molar refractivity (Wildman–Crippen MR) is 175 cm³/mol. The quantitative estimate of drug-likeness (QED) is 0.0646. The first-order valence-electron chi connectivity index (χ1n) is 16.5. The molecular weight excluding hydrogens is 530 g/mol. The zero-order chi connectivity index (χ0) is 29.5. The van der Waals surface area contributed by atoms with E-state index in [-0.39, 0.29) is 0 Å². The van der Waals surface area contributed by atoms with E-state index in [9.17, 15) is 0 Å². The van der Waals surface area contributed by atoms with Gasteiger partial charge in [-0.3, -0.25) is 4.98 Å². The molecule has 2 aromatic rings. The lowest BCUT2D eigenvalue weighted by Gasteiger charge is -2.05. The minimum atomic E-state index is 0.811. The lowest BCUT2D eigenvalue weighted by molar-refractivity contribution is -0.697. The Morgan fingerprint density at radius 3 is 1.73 bits per heavy atom. The van der Waals surface area contributed by atoms with Crippen LogP contribution in [0.2, 0.25) is 0 Å². The molecule has 5 nitrogen and oxygen atoms in total. The summed E-state index contributed by atoms with van der Waals surface area (Å²) >= 11 is 4.64. The van der Waals surface area contributed by atoms with Gasteiger partial charge >= 0.3 is 0 Å². The number of nitrogens with zero attached hydrogens (tertiary/aromatic N) is 2. The summed E-state index contributed by atoms with van der Waals surface area (Å²) in [5.41, 5.74) is 8.26. The summed E-state index contributed by atoms with van der Waals surface area (Å²) in [6.07, 6.45) is 32.3. The van der Waals surface area contributed by atoms with Crippen molar-refractivity contribution in [2.24, 2.45) is 5.73 Å². The van der Waals surface area contributed by atoms with Crippen molar-refractivity contribution in [2.45, 2.75) is 122 Å². The second-order valence-electron chi connectivity index (χ2n) is 11.0. The maximum atomic E-state index is 5.79. The van der Waals surface area contributed by atoms with Crippen LogP contribution < -0.4 is 10.3 Å². The first-order valence-corrected chi connectivity index (χ1v) is 17.2. The average molecular weight is 591 g/mol. The molecule has 2 heterocycles. The Kier molecular flexibility index (Phi) is 27.4. The highest BCUT2D eigenvalue weighted by Crippen LogP contribution is 2.11. The molecule has 0 aliphatic carbocycles. The third-order valence-electron chi connectivity index (χ3n) is 7.35. The summed E-state index contributed by atoms with van der Waals surface area (Å²) in [5.74, 6) is 0. The van der Waals surface area contributed by atoms with E-state index >= 15 is 0 Å². The van der Waals surface area contributed by atoms with Crippen molar-refractivity contribution in [3.63, 3.8) is 0 Å². The molecule has 6 heteroatoms. The number of ether oxygens (including phenoxy) is 2. The van der Waals surface area contributed by atoms with Gasteiger partial charge in [0.25, 0.3) is 0 Å². The Labute approximate surface area is 257 Å². The van der Waals surface area contributed by atoms with Gasteiger partial charge in [0.05, 0.1) is 0 Å². The van der Waals surface area contributed by atoms with Crippen LogP contribution in [-0.2, 0) is 28.9 Å². The van der Waals surface area contributed by atoms with E-state index in [0.717, 1.165) is 78.0 Å². The van der Waals surface area contributed by atoms with Crippen molar-refractivity contribution in [1.82, 2.24) is 4.98 Å². The standard InChI is InChI=1S/C34H58N3O2.CH3Cl/c35-23-11-7-10-14-28-39-30-18-22-34-20-16-26-37(32-34)25-12-8-5-3-1-2-4-6-9-13-27-38-29-17-21-33-19-15-24-36-31-33;1-2/h15-16,19-20,24,26,31-32H,1-14,17-18,21-23,25,27-30,35H2;1H3/q+1;. The van der Waals surface area contributed by atoms with Crippen LogP contribution >= 0.6 is 11.6 Å². The monoisotopic (exact) mass is 590 g/mol. The van der Waals surface area contributed by atoms with Crippen molar-refractivity contribution < 1.29 is 14.0 Å². The first kappa shape index (κ1) is 37.5. The molecule has 41 heavy (non-hydrogen) atoms. The molecule has 0 spiro atoms. The molecule has 0 amide bonds. The summed E-state index contributed by atoms with van der Waals surface area (Å²) in [6.45, 7) is 5.49. The van der Waals surface area contributed by atoms with E-state index in [2.05, 4.69) is 51.7 Å². The van der Waals surface area contributed by atoms with E-state index in [1.165, 1.54) is 94.6 Å². The summed E-state index contributed by atoms with van der Waals surface area (Å²) < 4.78 is 14.0. The number of halogens is 1. The van der Waals surface area contributed by atoms with Gasteiger partial charge in [0.15, 0.2) is 12.4 Å². The van der Waals surface area contributed by atoms with Crippen LogP contribution in [0.15, 0.2) is 49.1 Å². The molecule has 0 fully saturated rings. The molecule has 0 atom stereocenters. The number of pyridine rings is 2. The Morgan fingerprint density at radius 1 is 0.634 bits per heavy atom. The highest BCUT2D eigenvalue weighted by atomic mass is 35.5. The van der Waals surface area contributed by atoms with Gasteiger partial charge in [-0.25, -0.2) is 4.57 Å². The number of aromatic nitrogens is 2. The lowest BCUT2D eigenvalue weighted by atomic mass is 10.1. The van der Waals surface area contributed by atoms with E-state index in [0.29, 0.717) is 0 Å². The molecule has 0 radical (unpaired) electrons. The van der Waals surface area contributed by atoms with Crippen molar-refractivity contribution in [1.29, 1.82) is 0 Å². The zero-order valence-corrected chi connectivity index (χ0v) is 27.0. The largest absolute Gasteiger partial charge is 0.381 e. The molecule has 2 rings (SSSR count). The normalized spacial score (nSPS) is 10.9. The number of hydrogen-bond donors (Lipinski definition) is 1. The van der Waals surface area contributed by atoms with Crippen LogP contribution in [0.3, 0.4) is 0 Å². The number of rotatable bonds is 27. The molecule has 0 aliphatic rings. The van der Waals surface area contributed by atoms with Gasteiger partial charge in [-0.05, 0) is 75.6 Å². The van der Waals surface area contributed by atoms with Crippen LogP contribution in [0.4, 0.5) is 0 Å². The van der Waals surface area contributed by atoms with E-state index in [4.69, 9.17) is 15.2 Å². The zero-order valence-electron chi connectivity index (χ0n) is 26.3. The Balaban J connectivity index is 0.00000411. The molecule has 0 aromatic carbocycles. The average Bonchev–Trinajstić information content (AvgIpc) is 3.02. The van der Waals surface area contributed by atoms with E-state index in [1.54, 1.807) is 0 Å². The molecule has 0 saturated carbocycles. The molecule has 2 N–H and O–H groups in total. The Hall–Kier alpha value is -1.53. The van der Waals surface area contributed by atoms with Crippen molar-refractivity contribution in [2.75, 3.05) is 39.4 Å². The molecule has 0 saturated heterocycles. The van der Waals surface area contributed by atoms with Crippen LogP contribution in [0.1, 0.15) is 114 Å². The summed E-state index contributed by atoms with van der Waals surface area (Å²) in [7, 11) is 0. The molecule has 2 aromatic heterocycles. The van der Waals surface area contributed by atoms with Crippen LogP contribution in [0, 0.1) is 0 Å². The smallest absolute Gasteiger partial charge is 0.171 e. The van der Waals surface area contributed by atoms with Crippen LogP contribution in [0.5, 0.6) is 0 Å². The molecule has 0 aliphatic heterocycles. The summed E-state index contributed by atoms with van der Waals surface area (Å²) in [4.78, 5) is 4.16. The fourth-order valence-corrected chi connectivity index (χ4v) is 4.98. The minimum absolute atomic E-state index is 0.811. The topological polar surface area (TPSA) is 61.2 Å². The van der Waals surface area contributed by atoms with E-state index < -0.39 is 0 Å². The minimum Gasteiger partial charge on any atom is -0.381 e. The fourth-order valence-electron chi connectivity index (χ4n) is 4.98. The van der Waals surface area contributed by atoms with Crippen LogP contribution in [0.25, 0.3) is 0 Å². The fraction of sp³-hybridized carbons (Fsp3) is 0.714. The third-order valence-corrected chi connectivity index (χ3v) is 7.35. The van der Waals surface area contributed by atoms with Gasteiger partial charge in [-0.1, -0.05) is 63.9 Å². The SMILES string of the molecule is CCl.NCCCCCCOCCCc1ccc[n+](CCCCCCCCCCCCOCCCc2cccnc2)c1. The van der Waals surface area contributed by atoms with Gasteiger partial charge in [0.2, 0.25) is 0 Å². The predicted octanol–water partition coefficient (Wildman–Crippen LogP) is 8.24. The highest BCUT2D eigenvalue weighted by Gasteiger charge is 2.03. The molecule has 0 unspecified atom stereocenters. The second kappa shape index (κ2) is 29.9. The van der Waals surface area contributed by atoms with Crippen molar-refractivity contribution in [3.8, 4) is 0 Å². The number of unbranched alkanes of at least 4 members (excludes halogenated alkanes) is 12. The lowest BCUT2D eigenvalue weighted by Crippen LogP contribution is -2.33. The Morgan fingerprint density at radius 2 is 1.15 bits per heavy atom. The molecule has 0 bridgehead atoms. The summed E-state index contributed by atoms with van der Waals surface area (Å²) in [5, 5.41) is 0. The molecule has 234 valence electrons. The van der Waals surface area contributed by atoms with Gasteiger partial charge in [0, 0.05) is 63.3 Å². The molecular formula is C35H61ClN3O2+. The maximum Gasteiger partial charge on any atom is 0.171 e. The number of nitrogens with two attached hydrogens (primary N) is 1. The Bertz CT molecular complexity index is 794. The maximum absolute atomic E-state index is 5.79.